The minimum atomic E-state index is -0.395. The molecule has 0 fully saturated rings. The Labute approximate surface area is 133 Å². The third kappa shape index (κ3) is 2.27. The number of aromatic amines is 1. The second-order valence-corrected chi connectivity index (χ2v) is 5.72. The molecule has 4 aromatic rings. The Balaban J connectivity index is 1.96. The van der Waals surface area contributed by atoms with Gasteiger partial charge in [0, 0.05) is 16.3 Å². The average molecular weight is 300 g/mol. The normalized spacial score (nSPS) is 11.1. The zero-order chi connectivity index (χ0) is 15.8. The van der Waals surface area contributed by atoms with Crippen LogP contribution in [0.5, 0.6) is 0 Å². The molecule has 3 aromatic carbocycles. The fourth-order valence-electron chi connectivity index (χ4n) is 3.21. The number of benzene rings is 3. The number of nitrogens with two attached hydrogens (primary N) is 1. The Morgan fingerprint density at radius 1 is 0.870 bits per heavy atom. The molecular weight excluding hydrogens is 284 g/mol. The van der Waals surface area contributed by atoms with Crippen LogP contribution in [-0.4, -0.2) is 10.9 Å². The smallest absolute Gasteiger partial charge is 0.251 e. The average Bonchev–Trinajstić information content (AvgIpc) is 2.93. The number of primary amides is 1. The van der Waals surface area contributed by atoms with Crippen molar-refractivity contribution in [1.29, 1.82) is 0 Å². The van der Waals surface area contributed by atoms with Gasteiger partial charge in [0.1, 0.15) is 0 Å². The molecule has 112 valence electrons. The molecule has 0 aliphatic carbocycles. The molecular formula is C20H16N2O. The van der Waals surface area contributed by atoms with Gasteiger partial charge in [-0.05, 0) is 23.6 Å². The maximum atomic E-state index is 12.1. The first-order valence-corrected chi connectivity index (χ1v) is 7.60. The summed E-state index contributed by atoms with van der Waals surface area (Å²) in [6, 6.07) is 22.2. The van der Waals surface area contributed by atoms with Gasteiger partial charge in [0.15, 0.2) is 0 Å². The van der Waals surface area contributed by atoms with Crippen LogP contribution in [0.2, 0.25) is 0 Å². The van der Waals surface area contributed by atoms with Crippen molar-refractivity contribution in [3.05, 3.63) is 83.4 Å². The number of hydrogen-bond donors (Lipinski definition) is 2. The van der Waals surface area contributed by atoms with E-state index in [1.165, 1.54) is 0 Å². The third-order valence-corrected chi connectivity index (χ3v) is 4.25. The van der Waals surface area contributed by atoms with E-state index in [2.05, 4.69) is 29.2 Å². The van der Waals surface area contributed by atoms with Crippen molar-refractivity contribution in [2.75, 3.05) is 0 Å². The van der Waals surface area contributed by atoms with Crippen LogP contribution in [0.1, 0.15) is 21.5 Å². The molecule has 0 aliphatic heterocycles. The number of carbonyl (C=O) groups is 1. The Morgan fingerprint density at radius 3 is 2.39 bits per heavy atom. The van der Waals surface area contributed by atoms with Gasteiger partial charge in [0.25, 0.3) is 5.91 Å². The molecule has 3 heteroatoms. The molecule has 23 heavy (non-hydrogen) atoms. The number of carbonyl (C=O) groups excluding carboxylic acids is 1. The molecule has 1 aromatic heterocycles. The summed E-state index contributed by atoms with van der Waals surface area (Å²) in [4.78, 5) is 15.5. The van der Waals surface area contributed by atoms with Crippen molar-refractivity contribution >= 4 is 27.7 Å². The van der Waals surface area contributed by atoms with Crippen LogP contribution in [-0.2, 0) is 6.42 Å². The molecule has 1 heterocycles. The number of H-pyrrole nitrogens is 1. The Kier molecular flexibility index (Phi) is 3.12. The molecule has 4 rings (SSSR count). The minimum absolute atomic E-state index is 0.395. The monoisotopic (exact) mass is 300 g/mol. The van der Waals surface area contributed by atoms with Gasteiger partial charge in [-0.15, -0.1) is 0 Å². The fraction of sp³-hybridized carbons (Fsp3) is 0.0500. The van der Waals surface area contributed by atoms with E-state index in [0.29, 0.717) is 12.0 Å². The van der Waals surface area contributed by atoms with E-state index in [1.807, 2.05) is 42.5 Å². The first-order chi connectivity index (χ1) is 11.2. The zero-order valence-corrected chi connectivity index (χ0v) is 12.5. The SMILES string of the molecule is NC(=O)c1c(Cc2ccccc2)ccc2c1[nH]c1ccccc12. The first-order valence-electron chi connectivity index (χ1n) is 7.60. The highest BCUT2D eigenvalue weighted by atomic mass is 16.1. The summed E-state index contributed by atoms with van der Waals surface area (Å²) in [7, 11) is 0. The molecule has 3 N–H and O–H groups in total. The van der Waals surface area contributed by atoms with Crippen LogP contribution in [0.15, 0.2) is 66.7 Å². The molecule has 0 aliphatic rings. The van der Waals surface area contributed by atoms with Crippen LogP contribution in [0, 0.1) is 0 Å². The Morgan fingerprint density at radius 2 is 1.61 bits per heavy atom. The minimum Gasteiger partial charge on any atom is -0.366 e. The predicted molar refractivity (Wildman–Crippen MR) is 93.6 cm³/mol. The van der Waals surface area contributed by atoms with Gasteiger partial charge < -0.3 is 10.7 Å². The van der Waals surface area contributed by atoms with Gasteiger partial charge in [0.05, 0.1) is 11.1 Å². The lowest BCUT2D eigenvalue weighted by molar-refractivity contribution is 0.100. The summed E-state index contributed by atoms with van der Waals surface area (Å²) in [6.45, 7) is 0. The van der Waals surface area contributed by atoms with E-state index < -0.39 is 5.91 Å². The quantitative estimate of drug-likeness (QED) is 0.590. The van der Waals surface area contributed by atoms with Crippen molar-refractivity contribution in [1.82, 2.24) is 4.98 Å². The van der Waals surface area contributed by atoms with Crippen LogP contribution in [0.4, 0.5) is 0 Å². The van der Waals surface area contributed by atoms with Gasteiger partial charge in [-0.3, -0.25) is 4.79 Å². The highest BCUT2D eigenvalue weighted by Gasteiger charge is 2.16. The summed E-state index contributed by atoms with van der Waals surface area (Å²) < 4.78 is 0. The van der Waals surface area contributed by atoms with Crippen LogP contribution in [0.3, 0.4) is 0 Å². The van der Waals surface area contributed by atoms with Crippen LogP contribution >= 0.6 is 0 Å². The molecule has 0 unspecified atom stereocenters. The fourth-order valence-corrected chi connectivity index (χ4v) is 3.21. The van der Waals surface area contributed by atoms with Gasteiger partial charge in [-0.2, -0.15) is 0 Å². The second kappa shape index (κ2) is 5.29. The molecule has 0 bridgehead atoms. The van der Waals surface area contributed by atoms with E-state index in [-0.39, 0.29) is 0 Å². The lowest BCUT2D eigenvalue weighted by atomic mass is 9.97. The molecule has 0 saturated heterocycles. The van der Waals surface area contributed by atoms with E-state index in [0.717, 1.165) is 32.9 Å². The number of aromatic nitrogens is 1. The van der Waals surface area contributed by atoms with Crippen LogP contribution < -0.4 is 5.73 Å². The Hall–Kier alpha value is -3.07. The third-order valence-electron chi connectivity index (χ3n) is 4.25. The maximum Gasteiger partial charge on any atom is 0.251 e. The number of hydrogen-bond acceptors (Lipinski definition) is 1. The lowest BCUT2D eigenvalue weighted by Crippen LogP contribution is -2.14. The van der Waals surface area contributed by atoms with Gasteiger partial charge >= 0.3 is 0 Å². The number of para-hydroxylation sites is 1. The van der Waals surface area contributed by atoms with Crippen molar-refractivity contribution in [3.63, 3.8) is 0 Å². The summed E-state index contributed by atoms with van der Waals surface area (Å²) in [6.07, 6.45) is 0.685. The van der Waals surface area contributed by atoms with Crippen molar-refractivity contribution in [2.24, 2.45) is 5.73 Å². The summed E-state index contributed by atoms with van der Waals surface area (Å²) in [5, 5.41) is 2.14. The topological polar surface area (TPSA) is 58.9 Å². The van der Waals surface area contributed by atoms with Crippen molar-refractivity contribution in [3.8, 4) is 0 Å². The van der Waals surface area contributed by atoms with Gasteiger partial charge in [-0.1, -0.05) is 60.7 Å². The standard InChI is InChI=1S/C20H16N2O/c21-20(23)18-14(12-13-6-2-1-3-7-13)10-11-16-15-8-4-5-9-17(15)22-19(16)18/h1-11,22H,12H2,(H2,21,23). The summed E-state index contributed by atoms with van der Waals surface area (Å²) >= 11 is 0. The van der Waals surface area contributed by atoms with Crippen molar-refractivity contribution in [2.45, 2.75) is 6.42 Å². The molecule has 1 amide bonds. The predicted octanol–water partition coefficient (Wildman–Crippen LogP) is 4.01. The van der Waals surface area contributed by atoms with E-state index in [1.54, 1.807) is 0 Å². The highest BCUT2D eigenvalue weighted by Crippen LogP contribution is 2.30. The number of nitrogens with one attached hydrogen (secondary N) is 1. The number of amides is 1. The Bertz CT molecular complexity index is 1020. The van der Waals surface area contributed by atoms with Crippen molar-refractivity contribution < 1.29 is 4.79 Å². The largest absolute Gasteiger partial charge is 0.366 e. The highest BCUT2D eigenvalue weighted by molar-refractivity contribution is 6.15. The summed E-state index contributed by atoms with van der Waals surface area (Å²) in [5.74, 6) is -0.395. The lowest BCUT2D eigenvalue weighted by Gasteiger charge is -2.08. The molecule has 0 radical (unpaired) electrons. The van der Waals surface area contributed by atoms with E-state index in [9.17, 15) is 4.79 Å². The molecule has 0 atom stereocenters. The second-order valence-electron chi connectivity index (χ2n) is 5.72. The van der Waals surface area contributed by atoms with Gasteiger partial charge in [-0.25, -0.2) is 0 Å². The first kappa shape index (κ1) is 13.6. The molecule has 3 nitrogen and oxygen atoms in total. The van der Waals surface area contributed by atoms with Crippen LogP contribution in [0.25, 0.3) is 21.8 Å². The van der Waals surface area contributed by atoms with Gasteiger partial charge in [0.2, 0.25) is 0 Å². The van der Waals surface area contributed by atoms with E-state index in [4.69, 9.17) is 5.73 Å². The zero-order valence-electron chi connectivity index (χ0n) is 12.5. The summed E-state index contributed by atoms with van der Waals surface area (Å²) in [5.41, 5.74) is 10.2. The molecule has 0 saturated carbocycles. The number of fused-ring (bicyclic) bond motifs is 3. The maximum absolute atomic E-state index is 12.1. The number of rotatable bonds is 3. The van der Waals surface area contributed by atoms with E-state index >= 15 is 0 Å². The molecule has 0 spiro atoms.